The van der Waals surface area contributed by atoms with Crippen LogP contribution in [0.3, 0.4) is 0 Å². The molecule has 0 atom stereocenters. The largest absolute Gasteiger partial charge is 2.00 e. The second-order valence-corrected chi connectivity index (χ2v) is 3.26. The summed E-state index contributed by atoms with van der Waals surface area (Å²) in [7, 11) is 0. The van der Waals surface area contributed by atoms with E-state index in [4.69, 9.17) is 28.3 Å². The summed E-state index contributed by atoms with van der Waals surface area (Å²) in [4.78, 5) is 9.63. The van der Waals surface area contributed by atoms with Crippen LogP contribution in [0.2, 0.25) is 10.0 Å². The van der Waals surface area contributed by atoms with Crippen LogP contribution in [0.5, 0.6) is 0 Å². The molecule has 1 N–H and O–H groups in total. The van der Waals surface area contributed by atoms with Gasteiger partial charge in [-0.1, -0.05) is 35.3 Å². The summed E-state index contributed by atoms with van der Waals surface area (Å²) in [6.07, 6.45) is 0. The van der Waals surface area contributed by atoms with Crippen LogP contribution in [0.4, 0.5) is 0 Å². The molecule has 88 valence electrons. The van der Waals surface area contributed by atoms with E-state index in [0.29, 0.717) is 16.7 Å². The van der Waals surface area contributed by atoms with Gasteiger partial charge in [-0.05, 0) is 19.1 Å². The first-order valence-electron chi connectivity index (χ1n) is 4.27. The number of ether oxygens (including phenoxy) is 1. The van der Waals surface area contributed by atoms with Gasteiger partial charge in [0.1, 0.15) is 6.61 Å². The summed E-state index contributed by atoms with van der Waals surface area (Å²) in [5.41, 5.74) is 0. The van der Waals surface area contributed by atoms with Crippen molar-refractivity contribution in [1.29, 1.82) is 0 Å². The maximum Gasteiger partial charge on any atom is 2.00 e. The molecule has 0 aliphatic carbocycles. The summed E-state index contributed by atoms with van der Waals surface area (Å²) in [6, 6.07) is 7.19. The van der Waals surface area contributed by atoms with Crippen molar-refractivity contribution in [2.75, 3.05) is 13.2 Å². The van der Waals surface area contributed by atoms with Crippen LogP contribution >= 0.6 is 23.2 Å². The summed E-state index contributed by atoms with van der Waals surface area (Å²) in [5, 5.41) is 9.13. The first-order chi connectivity index (χ1) is 7.07. The van der Waals surface area contributed by atoms with Gasteiger partial charge in [-0.3, -0.25) is 0 Å². The summed E-state index contributed by atoms with van der Waals surface area (Å²) in [5.74, 6) is -0.915. The maximum absolute atomic E-state index is 9.63. The third-order valence-electron chi connectivity index (χ3n) is 1.25. The Bertz CT molecular complexity index is 296. The van der Waals surface area contributed by atoms with Gasteiger partial charge in [0, 0.05) is 6.61 Å². The van der Waals surface area contributed by atoms with Crippen molar-refractivity contribution in [1.82, 2.24) is 0 Å². The molecular formula is C10H14Cl2MgO3. The Balaban J connectivity index is -0.0000000942. The summed E-state index contributed by atoms with van der Waals surface area (Å²) >= 11 is 11.2. The third-order valence-corrected chi connectivity index (χ3v) is 2.01. The molecule has 3 nitrogen and oxygen atoms in total. The minimum atomic E-state index is -0.915. The second-order valence-electron chi connectivity index (χ2n) is 2.44. The zero-order valence-electron chi connectivity index (χ0n) is 11.0. The Morgan fingerprint density at radius 1 is 1.38 bits per heavy atom. The van der Waals surface area contributed by atoms with E-state index < -0.39 is 5.97 Å². The Hall–Kier alpha value is -0.00377. The Labute approximate surface area is 124 Å². The number of carboxylic acid groups (broad SMARTS) is 1. The predicted octanol–water partition coefficient (Wildman–Crippen LogP) is 2.95. The standard InChI is InChI=1S/C6H4Cl2.C4H8O3.Mg.2H/c7-5-3-1-2-4-6(5)8;1-2-7-3-4(5)6;;;/h1-4H;2-3H2,1H3,(H,5,6);;;/q;;+2;2*-1. The van der Waals surface area contributed by atoms with Crippen molar-refractivity contribution in [2.45, 2.75) is 6.92 Å². The van der Waals surface area contributed by atoms with E-state index in [1.165, 1.54) is 0 Å². The van der Waals surface area contributed by atoms with Crippen molar-refractivity contribution in [3.63, 3.8) is 0 Å². The van der Waals surface area contributed by atoms with Gasteiger partial charge in [0.25, 0.3) is 0 Å². The first kappa shape index (κ1) is 18.4. The van der Waals surface area contributed by atoms with E-state index in [1.807, 2.05) is 12.1 Å². The molecule has 0 fully saturated rings. The number of aliphatic carboxylic acids is 1. The number of hydrogen-bond donors (Lipinski definition) is 1. The Morgan fingerprint density at radius 2 is 1.81 bits per heavy atom. The summed E-state index contributed by atoms with van der Waals surface area (Å²) in [6.45, 7) is 2.03. The third kappa shape index (κ3) is 10.5. The van der Waals surface area contributed by atoms with Gasteiger partial charge in [0.2, 0.25) is 0 Å². The fraction of sp³-hybridized carbons (Fsp3) is 0.300. The van der Waals surface area contributed by atoms with Gasteiger partial charge in [0.15, 0.2) is 0 Å². The van der Waals surface area contributed by atoms with Gasteiger partial charge in [-0.2, -0.15) is 0 Å². The zero-order valence-corrected chi connectivity index (χ0v) is 11.9. The minimum Gasteiger partial charge on any atom is -1.00 e. The molecule has 1 rings (SSSR count). The monoisotopic (exact) mass is 276 g/mol. The van der Waals surface area contributed by atoms with Gasteiger partial charge in [-0.25, -0.2) is 4.79 Å². The zero-order chi connectivity index (χ0) is 11.7. The molecule has 0 saturated carbocycles. The van der Waals surface area contributed by atoms with Gasteiger partial charge in [-0.15, -0.1) is 0 Å². The average molecular weight is 277 g/mol. The molecule has 0 bridgehead atoms. The predicted molar refractivity (Wildman–Crippen MR) is 68.6 cm³/mol. The van der Waals surface area contributed by atoms with Crippen LogP contribution in [0.15, 0.2) is 24.3 Å². The fourth-order valence-electron chi connectivity index (χ4n) is 0.629. The molecule has 6 heteroatoms. The van der Waals surface area contributed by atoms with Crippen LogP contribution < -0.4 is 0 Å². The van der Waals surface area contributed by atoms with Crippen molar-refractivity contribution >= 4 is 52.2 Å². The van der Waals surface area contributed by atoms with Crippen LogP contribution in [0.1, 0.15) is 9.78 Å². The average Bonchev–Trinajstić information content (AvgIpc) is 2.20. The molecule has 0 aromatic heterocycles. The molecule has 0 amide bonds. The smallest absolute Gasteiger partial charge is 1.00 e. The van der Waals surface area contributed by atoms with Gasteiger partial charge in [0.05, 0.1) is 10.0 Å². The molecular weight excluding hydrogens is 263 g/mol. The van der Waals surface area contributed by atoms with Gasteiger partial charge >= 0.3 is 29.0 Å². The fourth-order valence-corrected chi connectivity index (χ4v) is 0.900. The normalized spacial score (nSPS) is 8.44. The maximum atomic E-state index is 9.63. The number of rotatable bonds is 3. The molecule has 1 aromatic carbocycles. The van der Waals surface area contributed by atoms with Crippen LogP contribution in [-0.2, 0) is 9.53 Å². The number of carboxylic acids is 1. The molecule has 0 unspecified atom stereocenters. The van der Waals surface area contributed by atoms with E-state index in [2.05, 4.69) is 4.74 Å². The SMILES string of the molecule is CCOCC(=O)O.Clc1ccccc1Cl.[H-].[H-].[Mg+2]. The topological polar surface area (TPSA) is 46.5 Å². The molecule has 0 radical (unpaired) electrons. The van der Waals surface area contributed by atoms with Crippen molar-refractivity contribution in [3.05, 3.63) is 34.3 Å². The second kappa shape index (κ2) is 11.5. The Morgan fingerprint density at radius 3 is 2.00 bits per heavy atom. The molecule has 16 heavy (non-hydrogen) atoms. The molecule has 0 aliphatic rings. The van der Waals surface area contributed by atoms with E-state index in [9.17, 15) is 4.79 Å². The van der Waals surface area contributed by atoms with E-state index in [-0.39, 0.29) is 32.5 Å². The van der Waals surface area contributed by atoms with E-state index in [0.717, 1.165) is 0 Å². The van der Waals surface area contributed by atoms with E-state index in [1.54, 1.807) is 19.1 Å². The van der Waals surface area contributed by atoms with Crippen LogP contribution in [0, 0.1) is 0 Å². The quantitative estimate of drug-likeness (QED) is 0.864. The molecule has 1 aromatic rings. The first-order valence-corrected chi connectivity index (χ1v) is 5.03. The Kier molecular flexibility index (Phi) is 13.2. The molecule has 0 saturated heterocycles. The summed E-state index contributed by atoms with van der Waals surface area (Å²) < 4.78 is 4.50. The van der Waals surface area contributed by atoms with Crippen LogP contribution in [0.25, 0.3) is 0 Å². The van der Waals surface area contributed by atoms with Crippen molar-refractivity contribution < 1.29 is 17.5 Å². The number of hydrogen-bond acceptors (Lipinski definition) is 2. The molecule has 0 spiro atoms. The van der Waals surface area contributed by atoms with Gasteiger partial charge < -0.3 is 12.7 Å². The van der Waals surface area contributed by atoms with Crippen molar-refractivity contribution in [3.8, 4) is 0 Å². The van der Waals surface area contributed by atoms with Crippen molar-refractivity contribution in [2.24, 2.45) is 0 Å². The molecule has 0 heterocycles. The molecule has 0 aliphatic heterocycles. The number of halogens is 2. The van der Waals surface area contributed by atoms with Crippen LogP contribution in [-0.4, -0.2) is 47.3 Å². The minimum absolute atomic E-state index is 0. The number of carbonyl (C=O) groups is 1. The van der Waals surface area contributed by atoms with E-state index >= 15 is 0 Å². The number of benzene rings is 1.